The summed E-state index contributed by atoms with van der Waals surface area (Å²) >= 11 is 1.29. The molecule has 0 radical (unpaired) electrons. The summed E-state index contributed by atoms with van der Waals surface area (Å²) in [4.78, 5) is 16.0. The van der Waals surface area contributed by atoms with Gasteiger partial charge in [0.2, 0.25) is 5.88 Å². The first-order chi connectivity index (χ1) is 20.1. The second-order valence-corrected chi connectivity index (χ2v) is 11.8. The van der Waals surface area contributed by atoms with Gasteiger partial charge in [0.25, 0.3) is 0 Å². The highest BCUT2D eigenvalue weighted by molar-refractivity contribution is 7.98. The molecule has 0 unspecified atom stereocenters. The quantitative estimate of drug-likeness (QED) is 0.131. The normalized spacial score (nSPS) is 17.4. The number of aryl methyl sites for hydroxylation is 1. The zero-order valence-corrected chi connectivity index (χ0v) is 25.6. The number of β-amino-alcohol motifs (C(OH)–C–C–N with tert-alkyl or cyclic N) is 1. The van der Waals surface area contributed by atoms with Crippen molar-refractivity contribution in [1.82, 2.24) is 15.0 Å². The molecule has 1 atom stereocenters. The minimum atomic E-state index is -0.928. The van der Waals surface area contributed by atoms with Crippen LogP contribution in [0.5, 0.6) is 11.6 Å². The third-order valence-electron chi connectivity index (χ3n) is 7.31. The van der Waals surface area contributed by atoms with Crippen LogP contribution in [0.1, 0.15) is 46.1 Å². The molecule has 0 bridgehead atoms. The Hall–Kier alpha value is -3.28. The van der Waals surface area contributed by atoms with E-state index in [0.29, 0.717) is 69.9 Å². The van der Waals surface area contributed by atoms with Crippen LogP contribution in [-0.2, 0) is 11.2 Å². The van der Waals surface area contributed by atoms with Crippen molar-refractivity contribution in [2.24, 2.45) is 0 Å². The first-order valence-electron chi connectivity index (χ1n) is 14.0. The zero-order valence-electron chi connectivity index (χ0n) is 24.8. The molecule has 3 heterocycles. The Morgan fingerprint density at radius 1 is 1.14 bits per heavy atom. The number of ether oxygens (including phenoxy) is 3. The summed E-state index contributed by atoms with van der Waals surface area (Å²) in [6.07, 6.45) is 3.31. The van der Waals surface area contributed by atoms with Gasteiger partial charge in [-0.15, -0.1) is 0 Å². The van der Waals surface area contributed by atoms with E-state index in [0.717, 1.165) is 6.42 Å². The number of thioether (sulfide) groups is 1. The number of fused-ring (bicyclic) bond motifs is 2. The van der Waals surface area contributed by atoms with Gasteiger partial charge in [0.05, 0.1) is 11.7 Å². The van der Waals surface area contributed by atoms with E-state index in [2.05, 4.69) is 4.98 Å². The topological polar surface area (TPSA) is 89.8 Å². The summed E-state index contributed by atoms with van der Waals surface area (Å²) in [6, 6.07) is 6.47. The number of pyridine rings is 1. The maximum absolute atomic E-state index is 16.9. The summed E-state index contributed by atoms with van der Waals surface area (Å²) in [5, 5.41) is 12.8. The molecule has 1 fully saturated rings. The molecule has 2 aromatic carbocycles. The van der Waals surface area contributed by atoms with E-state index in [1.807, 2.05) is 31.9 Å². The molecular formula is C31H36F2N4O4S. The lowest BCUT2D eigenvalue weighted by atomic mass is 9.94. The highest BCUT2D eigenvalue weighted by atomic mass is 32.2. The highest BCUT2D eigenvalue weighted by Gasteiger charge is 2.33. The second-order valence-electron chi connectivity index (χ2n) is 11.0. The number of anilines is 1. The zero-order chi connectivity index (χ0) is 30.2. The van der Waals surface area contributed by atoms with Crippen molar-refractivity contribution in [2.75, 3.05) is 38.1 Å². The molecule has 0 saturated carbocycles. The predicted molar refractivity (Wildman–Crippen MR) is 162 cm³/mol. The number of methoxy groups -OCH3 is 1. The van der Waals surface area contributed by atoms with E-state index in [1.54, 1.807) is 25.1 Å². The van der Waals surface area contributed by atoms with Crippen LogP contribution in [0.2, 0.25) is 0 Å². The molecule has 1 aliphatic heterocycles. The summed E-state index contributed by atoms with van der Waals surface area (Å²) in [6.45, 7) is 8.29. The Morgan fingerprint density at radius 2 is 1.93 bits per heavy atom. The molecule has 4 aromatic rings. The summed E-state index contributed by atoms with van der Waals surface area (Å²) in [5.41, 5.74) is -0.121. The number of hydrogen-bond acceptors (Lipinski definition) is 9. The number of aromatic nitrogens is 3. The van der Waals surface area contributed by atoms with Crippen LogP contribution >= 0.6 is 11.8 Å². The van der Waals surface area contributed by atoms with Gasteiger partial charge in [0.1, 0.15) is 34.0 Å². The van der Waals surface area contributed by atoms with Gasteiger partial charge in [-0.2, -0.15) is 0 Å². The van der Waals surface area contributed by atoms with Gasteiger partial charge in [-0.1, -0.05) is 24.8 Å². The molecule has 8 nitrogen and oxygen atoms in total. The van der Waals surface area contributed by atoms with Gasteiger partial charge in [0, 0.05) is 25.8 Å². The Bertz CT molecular complexity index is 1630. The molecular weight excluding hydrogens is 562 g/mol. The molecule has 0 amide bonds. The number of halogens is 2. The fraction of sp³-hybridized carbons (Fsp3) is 0.452. The van der Waals surface area contributed by atoms with Crippen molar-refractivity contribution in [3.8, 4) is 22.9 Å². The average Bonchev–Trinajstić information content (AvgIpc) is 2.95. The van der Waals surface area contributed by atoms with E-state index in [9.17, 15) is 5.11 Å². The number of rotatable bonds is 9. The van der Waals surface area contributed by atoms with Crippen LogP contribution in [0.25, 0.3) is 32.9 Å². The lowest BCUT2D eigenvalue weighted by Crippen LogP contribution is -2.46. The van der Waals surface area contributed by atoms with Crippen LogP contribution in [0, 0.1) is 11.6 Å². The summed E-state index contributed by atoms with van der Waals surface area (Å²) in [7, 11) is 1.51. The third kappa shape index (κ3) is 5.82. The Kier molecular flexibility index (Phi) is 8.73. The molecule has 11 heteroatoms. The first kappa shape index (κ1) is 30.2. The fourth-order valence-electron chi connectivity index (χ4n) is 5.54. The summed E-state index contributed by atoms with van der Waals surface area (Å²) < 4.78 is 49.0. The van der Waals surface area contributed by atoms with Crippen LogP contribution in [0.15, 0.2) is 29.4 Å². The summed E-state index contributed by atoms with van der Waals surface area (Å²) in [5.74, 6) is -0.0249. The Balaban J connectivity index is 1.86. The SMILES string of the molecule is CCc1c(F)ccc2cc(OCOC)cc(-c3nc(OC(C)C)c4c(N5CCC[C@@](C)(O)C5)nc(SC)nc4c3F)c12. The van der Waals surface area contributed by atoms with Crippen LogP contribution in [0.4, 0.5) is 14.6 Å². The molecule has 224 valence electrons. The second kappa shape index (κ2) is 12.1. The van der Waals surface area contributed by atoms with Crippen LogP contribution in [0.3, 0.4) is 0 Å². The van der Waals surface area contributed by atoms with E-state index < -0.39 is 11.4 Å². The van der Waals surface area contributed by atoms with Gasteiger partial charge in [-0.3, -0.25) is 0 Å². The van der Waals surface area contributed by atoms with E-state index in [4.69, 9.17) is 24.2 Å². The van der Waals surface area contributed by atoms with Crippen molar-refractivity contribution in [2.45, 2.75) is 63.8 Å². The Morgan fingerprint density at radius 3 is 2.60 bits per heavy atom. The molecule has 1 saturated heterocycles. The molecule has 1 aliphatic rings. The van der Waals surface area contributed by atoms with Crippen LogP contribution < -0.4 is 14.4 Å². The molecule has 0 aliphatic carbocycles. The van der Waals surface area contributed by atoms with Gasteiger partial charge in [0.15, 0.2) is 17.8 Å². The molecule has 2 aromatic heterocycles. The van der Waals surface area contributed by atoms with Gasteiger partial charge in [-0.05, 0) is 80.8 Å². The van der Waals surface area contributed by atoms with Crippen molar-refractivity contribution in [3.05, 3.63) is 41.5 Å². The Labute approximate surface area is 248 Å². The van der Waals surface area contributed by atoms with Gasteiger partial charge < -0.3 is 24.2 Å². The predicted octanol–water partition coefficient (Wildman–Crippen LogP) is 6.53. The molecule has 1 N–H and O–H groups in total. The van der Waals surface area contributed by atoms with Gasteiger partial charge >= 0.3 is 0 Å². The van der Waals surface area contributed by atoms with Crippen molar-refractivity contribution < 1.29 is 28.1 Å². The standard InChI is InChI=1S/C31H36F2N4O4S/c1-7-20-22(32)10-9-18-13-19(40-16-39-5)14-21(23(18)20)26-25(33)27-24(29(34-26)41-17(2)3)28(36-30(35-27)42-6)37-12-8-11-31(4,38)15-37/h9-10,13-14,17,38H,7-8,11-12,15-16H2,1-6H3/t31-/m1/s1. The smallest absolute Gasteiger partial charge is 0.227 e. The maximum atomic E-state index is 16.9. The largest absolute Gasteiger partial charge is 0.474 e. The monoisotopic (exact) mass is 598 g/mol. The van der Waals surface area contributed by atoms with E-state index in [-0.39, 0.29) is 35.8 Å². The maximum Gasteiger partial charge on any atom is 0.227 e. The van der Waals surface area contributed by atoms with Crippen LogP contribution in [-0.4, -0.2) is 65.0 Å². The number of nitrogens with zero attached hydrogens (tertiary/aromatic N) is 4. The minimum Gasteiger partial charge on any atom is -0.474 e. The van der Waals surface area contributed by atoms with Crippen molar-refractivity contribution in [3.63, 3.8) is 0 Å². The fourth-order valence-corrected chi connectivity index (χ4v) is 5.90. The number of aliphatic hydroxyl groups is 1. The molecule has 5 rings (SSSR count). The highest BCUT2D eigenvalue weighted by Crippen LogP contribution is 2.43. The lowest BCUT2D eigenvalue weighted by Gasteiger charge is -2.38. The number of piperidine rings is 1. The number of benzene rings is 2. The van der Waals surface area contributed by atoms with E-state index in [1.165, 1.54) is 24.9 Å². The minimum absolute atomic E-state index is 0.0185. The van der Waals surface area contributed by atoms with E-state index >= 15 is 8.78 Å². The van der Waals surface area contributed by atoms with Crippen molar-refractivity contribution in [1.29, 1.82) is 0 Å². The third-order valence-corrected chi connectivity index (χ3v) is 7.86. The molecule has 0 spiro atoms. The number of hydrogen-bond donors (Lipinski definition) is 1. The van der Waals surface area contributed by atoms with Crippen molar-refractivity contribution >= 4 is 39.3 Å². The van der Waals surface area contributed by atoms with Gasteiger partial charge in [-0.25, -0.2) is 23.7 Å². The molecule has 42 heavy (non-hydrogen) atoms. The lowest BCUT2D eigenvalue weighted by molar-refractivity contribution is 0.0447. The first-order valence-corrected chi connectivity index (χ1v) is 15.3. The average molecular weight is 599 g/mol.